The fourth-order valence-electron chi connectivity index (χ4n) is 1.72. The summed E-state index contributed by atoms with van der Waals surface area (Å²) in [5.41, 5.74) is 0.00615. The third-order valence-corrected chi connectivity index (χ3v) is 3.58. The molecule has 0 aliphatic carbocycles. The molecule has 0 spiro atoms. The van der Waals surface area contributed by atoms with Gasteiger partial charge in [-0.05, 0) is 12.8 Å². The molecular weight excluding hydrogens is 270 g/mol. The number of aromatic nitrogens is 1. The second-order valence-corrected chi connectivity index (χ2v) is 5.09. The molecule has 1 aliphatic heterocycles. The van der Waals surface area contributed by atoms with Gasteiger partial charge in [-0.3, -0.25) is 0 Å². The first kappa shape index (κ1) is 13.8. The number of urea groups is 1. The molecule has 0 aromatic carbocycles. The van der Waals surface area contributed by atoms with E-state index in [9.17, 15) is 9.59 Å². The van der Waals surface area contributed by atoms with Crippen molar-refractivity contribution in [3.8, 4) is 0 Å². The highest BCUT2D eigenvalue weighted by Crippen LogP contribution is 2.09. The second kappa shape index (κ2) is 6.48. The number of carboxylic acid groups (broad SMARTS) is 1. The Kier molecular flexibility index (Phi) is 4.69. The number of thiazole rings is 1. The minimum absolute atomic E-state index is 0.00615. The van der Waals surface area contributed by atoms with Gasteiger partial charge < -0.3 is 20.5 Å². The van der Waals surface area contributed by atoms with Crippen molar-refractivity contribution in [1.82, 2.24) is 15.6 Å². The van der Waals surface area contributed by atoms with Gasteiger partial charge in [-0.15, -0.1) is 11.3 Å². The predicted octanol–water partition coefficient (Wildman–Crippen LogP) is 0.819. The molecule has 0 atom stereocenters. The number of carboxylic acids is 1. The Morgan fingerprint density at radius 1 is 1.47 bits per heavy atom. The van der Waals surface area contributed by atoms with Crippen molar-refractivity contribution in [1.29, 1.82) is 0 Å². The quantitative estimate of drug-likeness (QED) is 0.760. The van der Waals surface area contributed by atoms with Crippen LogP contribution in [0, 0.1) is 0 Å². The summed E-state index contributed by atoms with van der Waals surface area (Å²) < 4.78 is 5.20. The van der Waals surface area contributed by atoms with E-state index in [1.165, 1.54) is 16.7 Å². The lowest BCUT2D eigenvalue weighted by Gasteiger charge is -2.23. The molecule has 1 aliphatic rings. The Hall–Kier alpha value is -1.67. The number of nitrogens with one attached hydrogen (secondary N) is 2. The molecule has 1 aromatic heterocycles. The standard InChI is InChI=1S/C11H15N3O4S/c15-10(16)8-6-19-9(14-8)5-12-11(17)13-7-1-3-18-4-2-7/h6-7H,1-5H2,(H,15,16)(H2,12,13,17). The lowest BCUT2D eigenvalue weighted by atomic mass is 10.1. The summed E-state index contributed by atoms with van der Waals surface area (Å²) in [6.45, 7) is 1.56. The number of nitrogens with zero attached hydrogens (tertiary/aromatic N) is 1. The number of carbonyl (C=O) groups excluding carboxylic acids is 1. The zero-order chi connectivity index (χ0) is 13.7. The van der Waals surface area contributed by atoms with Crippen LogP contribution in [0.25, 0.3) is 0 Å². The van der Waals surface area contributed by atoms with E-state index in [2.05, 4.69) is 15.6 Å². The maximum Gasteiger partial charge on any atom is 0.355 e. The highest BCUT2D eigenvalue weighted by Gasteiger charge is 2.16. The van der Waals surface area contributed by atoms with Gasteiger partial charge in [0.15, 0.2) is 5.69 Å². The molecule has 1 saturated heterocycles. The van der Waals surface area contributed by atoms with Crippen LogP contribution in [0.5, 0.6) is 0 Å². The first-order valence-electron chi connectivity index (χ1n) is 5.95. The maximum absolute atomic E-state index is 11.6. The van der Waals surface area contributed by atoms with E-state index < -0.39 is 5.97 Å². The van der Waals surface area contributed by atoms with E-state index >= 15 is 0 Å². The topological polar surface area (TPSA) is 101 Å². The monoisotopic (exact) mass is 285 g/mol. The van der Waals surface area contributed by atoms with E-state index in [0.29, 0.717) is 18.2 Å². The highest BCUT2D eigenvalue weighted by molar-refractivity contribution is 7.09. The molecule has 0 unspecified atom stereocenters. The summed E-state index contributed by atoms with van der Waals surface area (Å²) in [5, 5.41) is 16.3. The zero-order valence-electron chi connectivity index (χ0n) is 10.2. The Bertz CT molecular complexity index is 457. The number of amides is 2. The summed E-state index contributed by atoms with van der Waals surface area (Å²) >= 11 is 1.21. The number of ether oxygens (including phenoxy) is 1. The fraction of sp³-hybridized carbons (Fsp3) is 0.545. The normalized spacial score (nSPS) is 16.0. The molecule has 2 amide bonds. The smallest absolute Gasteiger partial charge is 0.355 e. The van der Waals surface area contributed by atoms with Crippen molar-refractivity contribution in [2.24, 2.45) is 0 Å². The van der Waals surface area contributed by atoms with Crippen LogP contribution in [0.15, 0.2) is 5.38 Å². The van der Waals surface area contributed by atoms with Gasteiger partial charge in [-0.25, -0.2) is 14.6 Å². The minimum atomic E-state index is -1.06. The average molecular weight is 285 g/mol. The zero-order valence-corrected chi connectivity index (χ0v) is 11.0. The number of rotatable bonds is 4. The average Bonchev–Trinajstić information content (AvgIpc) is 2.86. The molecule has 0 bridgehead atoms. The Balaban J connectivity index is 1.74. The van der Waals surface area contributed by atoms with Crippen molar-refractivity contribution in [2.45, 2.75) is 25.4 Å². The van der Waals surface area contributed by atoms with Crippen LogP contribution < -0.4 is 10.6 Å². The van der Waals surface area contributed by atoms with Gasteiger partial charge in [-0.1, -0.05) is 0 Å². The molecule has 7 nitrogen and oxygen atoms in total. The predicted molar refractivity (Wildman–Crippen MR) is 68.3 cm³/mol. The third-order valence-electron chi connectivity index (χ3n) is 2.73. The second-order valence-electron chi connectivity index (χ2n) is 4.15. The SMILES string of the molecule is O=C(NCc1nc(C(=O)O)cs1)NC1CCOCC1. The van der Waals surface area contributed by atoms with E-state index in [1.807, 2.05) is 0 Å². The first-order chi connectivity index (χ1) is 9.15. The number of hydrogen-bond donors (Lipinski definition) is 3. The summed E-state index contributed by atoms with van der Waals surface area (Å²) in [6, 6.07) is -0.126. The molecule has 1 aromatic rings. The molecule has 8 heteroatoms. The van der Waals surface area contributed by atoms with E-state index in [-0.39, 0.29) is 24.3 Å². The van der Waals surface area contributed by atoms with Crippen LogP contribution in [0.1, 0.15) is 28.3 Å². The van der Waals surface area contributed by atoms with Gasteiger partial charge in [-0.2, -0.15) is 0 Å². The van der Waals surface area contributed by atoms with Crippen molar-refractivity contribution < 1.29 is 19.4 Å². The summed E-state index contributed by atoms with van der Waals surface area (Å²) in [6.07, 6.45) is 1.63. The Morgan fingerprint density at radius 2 is 2.21 bits per heavy atom. The number of hydrogen-bond acceptors (Lipinski definition) is 5. The maximum atomic E-state index is 11.6. The molecule has 2 heterocycles. The van der Waals surface area contributed by atoms with Gasteiger partial charge in [0.2, 0.25) is 0 Å². The van der Waals surface area contributed by atoms with E-state index in [0.717, 1.165) is 12.8 Å². The molecule has 2 rings (SSSR count). The van der Waals surface area contributed by atoms with Crippen molar-refractivity contribution >= 4 is 23.3 Å². The fourth-order valence-corrected chi connectivity index (χ4v) is 2.43. The lowest BCUT2D eigenvalue weighted by Crippen LogP contribution is -2.44. The van der Waals surface area contributed by atoms with Gasteiger partial charge in [0.25, 0.3) is 0 Å². The van der Waals surface area contributed by atoms with Gasteiger partial charge in [0.05, 0.1) is 6.54 Å². The largest absolute Gasteiger partial charge is 0.476 e. The third kappa shape index (κ3) is 4.18. The summed E-state index contributed by atoms with van der Waals surface area (Å²) in [4.78, 5) is 26.2. The number of carbonyl (C=O) groups is 2. The Labute approximate surface area is 114 Å². The van der Waals surface area contributed by atoms with Crippen molar-refractivity contribution in [2.75, 3.05) is 13.2 Å². The first-order valence-corrected chi connectivity index (χ1v) is 6.83. The molecule has 0 saturated carbocycles. The highest BCUT2D eigenvalue weighted by atomic mass is 32.1. The molecule has 104 valence electrons. The van der Waals surface area contributed by atoms with Crippen LogP contribution in [-0.2, 0) is 11.3 Å². The van der Waals surface area contributed by atoms with Crippen LogP contribution in [0.2, 0.25) is 0 Å². The summed E-state index contributed by atoms with van der Waals surface area (Å²) in [7, 11) is 0. The van der Waals surface area contributed by atoms with Crippen molar-refractivity contribution in [3.05, 3.63) is 16.1 Å². The van der Waals surface area contributed by atoms with Crippen LogP contribution in [0.3, 0.4) is 0 Å². The van der Waals surface area contributed by atoms with Crippen LogP contribution in [0.4, 0.5) is 4.79 Å². The lowest BCUT2D eigenvalue weighted by molar-refractivity contribution is 0.0691. The van der Waals surface area contributed by atoms with Gasteiger partial charge >= 0.3 is 12.0 Å². The van der Waals surface area contributed by atoms with E-state index in [4.69, 9.17) is 9.84 Å². The molecule has 19 heavy (non-hydrogen) atoms. The molecule has 0 radical (unpaired) electrons. The van der Waals surface area contributed by atoms with Crippen LogP contribution >= 0.6 is 11.3 Å². The summed E-state index contributed by atoms with van der Waals surface area (Å²) in [5.74, 6) is -1.06. The molecular formula is C11H15N3O4S. The van der Waals surface area contributed by atoms with Crippen LogP contribution in [-0.4, -0.2) is 41.3 Å². The van der Waals surface area contributed by atoms with Crippen molar-refractivity contribution in [3.63, 3.8) is 0 Å². The molecule has 1 fully saturated rings. The van der Waals surface area contributed by atoms with Gasteiger partial charge in [0.1, 0.15) is 5.01 Å². The minimum Gasteiger partial charge on any atom is -0.476 e. The van der Waals surface area contributed by atoms with Gasteiger partial charge in [0, 0.05) is 24.6 Å². The number of aromatic carboxylic acids is 1. The Morgan fingerprint density at radius 3 is 2.84 bits per heavy atom. The van der Waals surface area contributed by atoms with E-state index in [1.54, 1.807) is 0 Å². The molecule has 3 N–H and O–H groups in total.